The highest BCUT2D eigenvalue weighted by molar-refractivity contribution is 5.46. The number of nitro groups is 1. The molecule has 0 spiro atoms. The Morgan fingerprint density at radius 3 is 2.59 bits per heavy atom. The van der Waals surface area contributed by atoms with Crippen LogP contribution in [-0.4, -0.2) is 15.4 Å². The van der Waals surface area contributed by atoms with Crippen molar-refractivity contribution < 1.29 is 4.92 Å². The van der Waals surface area contributed by atoms with Crippen molar-refractivity contribution in [1.82, 2.24) is 4.98 Å². The standard InChI is InChI=1S/C12H17N3O2/c1-8-10(15(16)17)6-7-11(13-8)14-12(2,3)9-4-5-9/h6-7,9H,4-5H2,1-3H3,(H,13,14). The van der Waals surface area contributed by atoms with Gasteiger partial charge in [-0.25, -0.2) is 4.98 Å². The first-order valence-corrected chi connectivity index (χ1v) is 5.80. The van der Waals surface area contributed by atoms with E-state index in [1.807, 2.05) is 0 Å². The predicted molar refractivity (Wildman–Crippen MR) is 66.1 cm³/mol. The number of aryl methyl sites for hydroxylation is 1. The average molecular weight is 235 g/mol. The first-order chi connectivity index (χ1) is 7.90. The molecule has 0 unspecified atom stereocenters. The summed E-state index contributed by atoms with van der Waals surface area (Å²) in [4.78, 5) is 14.5. The number of rotatable bonds is 4. The number of hydrogen-bond donors (Lipinski definition) is 1. The molecule has 0 atom stereocenters. The van der Waals surface area contributed by atoms with Crippen molar-refractivity contribution >= 4 is 11.5 Å². The zero-order valence-electron chi connectivity index (χ0n) is 10.4. The second kappa shape index (κ2) is 3.98. The van der Waals surface area contributed by atoms with Gasteiger partial charge in [0.05, 0.1) is 4.92 Å². The minimum absolute atomic E-state index is 0.00950. The first kappa shape index (κ1) is 11.8. The van der Waals surface area contributed by atoms with Crippen molar-refractivity contribution in [2.75, 3.05) is 5.32 Å². The van der Waals surface area contributed by atoms with Gasteiger partial charge in [-0.1, -0.05) is 0 Å². The Hall–Kier alpha value is -1.65. The third-order valence-electron chi connectivity index (χ3n) is 3.30. The van der Waals surface area contributed by atoms with E-state index >= 15 is 0 Å². The van der Waals surface area contributed by atoms with Crippen LogP contribution in [0.15, 0.2) is 12.1 Å². The molecule has 0 bridgehead atoms. The maximum atomic E-state index is 10.7. The lowest BCUT2D eigenvalue weighted by atomic mass is 9.99. The Bertz CT molecular complexity index is 453. The van der Waals surface area contributed by atoms with E-state index in [4.69, 9.17) is 0 Å². The van der Waals surface area contributed by atoms with Gasteiger partial charge < -0.3 is 5.32 Å². The maximum Gasteiger partial charge on any atom is 0.290 e. The Kier molecular flexibility index (Phi) is 2.77. The van der Waals surface area contributed by atoms with Gasteiger partial charge in [0.15, 0.2) is 0 Å². The molecule has 0 amide bonds. The molecular formula is C12H17N3O2. The second-order valence-corrected chi connectivity index (χ2v) is 5.18. The van der Waals surface area contributed by atoms with Gasteiger partial charge in [-0.3, -0.25) is 10.1 Å². The van der Waals surface area contributed by atoms with Gasteiger partial charge in [-0.15, -0.1) is 0 Å². The van der Waals surface area contributed by atoms with Crippen LogP contribution in [0.4, 0.5) is 11.5 Å². The summed E-state index contributed by atoms with van der Waals surface area (Å²) in [7, 11) is 0. The van der Waals surface area contributed by atoms with Crippen molar-refractivity contribution in [3.8, 4) is 0 Å². The molecule has 1 heterocycles. The summed E-state index contributed by atoms with van der Waals surface area (Å²) in [5, 5.41) is 14.0. The number of nitrogens with zero attached hydrogens (tertiary/aromatic N) is 2. The van der Waals surface area contributed by atoms with E-state index in [2.05, 4.69) is 24.1 Å². The Morgan fingerprint density at radius 2 is 2.12 bits per heavy atom. The van der Waals surface area contributed by atoms with Gasteiger partial charge in [0.1, 0.15) is 11.5 Å². The van der Waals surface area contributed by atoms with Crippen LogP contribution < -0.4 is 5.32 Å². The van der Waals surface area contributed by atoms with Crippen LogP contribution in [0.3, 0.4) is 0 Å². The summed E-state index contributed by atoms with van der Waals surface area (Å²) < 4.78 is 0. The van der Waals surface area contributed by atoms with Crippen LogP contribution in [0.2, 0.25) is 0 Å². The molecule has 5 nitrogen and oxygen atoms in total. The fourth-order valence-electron chi connectivity index (χ4n) is 2.05. The number of nitrogens with one attached hydrogen (secondary N) is 1. The summed E-state index contributed by atoms with van der Waals surface area (Å²) in [5.74, 6) is 1.39. The number of pyridine rings is 1. The molecule has 0 radical (unpaired) electrons. The topological polar surface area (TPSA) is 68.1 Å². The number of hydrogen-bond acceptors (Lipinski definition) is 4. The second-order valence-electron chi connectivity index (χ2n) is 5.18. The Labute approximate surface area is 100 Å². The van der Waals surface area contributed by atoms with Crippen LogP contribution in [0.5, 0.6) is 0 Å². The summed E-state index contributed by atoms with van der Waals surface area (Å²) in [5.41, 5.74) is 0.529. The van der Waals surface area contributed by atoms with E-state index in [-0.39, 0.29) is 11.2 Å². The van der Waals surface area contributed by atoms with Crippen molar-refractivity contribution in [1.29, 1.82) is 0 Å². The molecule has 92 valence electrons. The van der Waals surface area contributed by atoms with Crippen molar-refractivity contribution in [2.24, 2.45) is 5.92 Å². The Balaban J connectivity index is 2.17. The molecule has 2 rings (SSSR count). The SMILES string of the molecule is Cc1nc(NC(C)(C)C2CC2)ccc1[N+](=O)[O-]. The summed E-state index contributed by atoms with van der Waals surface area (Å²) in [6, 6.07) is 3.18. The minimum Gasteiger partial charge on any atom is -0.365 e. The molecule has 1 fully saturated rings. The molecule has 1 N–H and O–H groups in total. The van der Waals surface area contributed by atoms with Crippen molar-refractivity contribution in [2.45, 2.75) is 39.2 Å². The lowest BCUT2D eigenvalue weighted by Gasteiger charge is -2.26. The minimum atomic E-state index is -0.405. The quantitative estimate of drug-likeness (QED) is 0.643. The van der Waals surface area contributed by atoms with E-state index in [1.54, 1.807) is 13.0 Å². The average Bonchev–Trinajstić information content (AvgIpc) is 2.98. The highest BCUT2D eigenvalue weighted by Crippen LogP contribution is 2.40. The van der Waals surface area contributed by atoms with E-state index in [9.17, 15) is 10.1 Å². The van der Waals surface area contributed by atoms with E-state index in [0.717, 1.165) is 0 Å². The molecule has 1 aromatic rings. The highest BCUT2D eigenvalue weighted by Gasteiger charge is 2.37. The fraction of sp³-hybridized carbons (Fsp3) is 0.583. The molecule has 1 aliphatic rings. The molecule has 0 aromatic carbocycles. The smallest absolute Gasteiger partial charge is 0.290 e. The van der Waals surface area contributed by atoms with Gasteiger partial charge in [0.25, 0.3) is 5.69 Å². The molecule has 1 aromatic heterocycles. The van der Waals surface area contributed by atoms with Gasteiger partial charge >= 0.3 is 0 Å². The monoisotopic (exact) mass is 235 g/mol. The number of aromatic nitrogens is 1. The third-order valence-corrected chi connectivity index (χ3v) is 3.30. The molecule has 17 heavy (non-hydrogen) atoms. The lowest BCUT2D eigenvalue weighted by Crippen LogP contribution is -2.33. The zero-order valence-corrected chi connectivity index (χ0v) is 10.4. The summed E-state index contributed by atoms with van der Waals surface area (Å²) >= 11 is 0. The molecule has 5 heteroatoms. The normalized spacial score (nSPS) is 15.7. The molecule has 0 aliphatic heterocycles. The van der Waals surface area contributed by atoms with Crippen LogP contribution in [0.25, 0.3) is 0 Å². The van der Waals surface area contributed by atoms with E-state index in [1.165, 1.54) is 18.9 Å². The Morgan fingerprint density at radius 1 is 1.47 bits per heavy atom. The van der Waals surface area contributed by atoms with Crippen LogP contribution >= 0.6 is 0 Å². The number of anilines is 1. The third kappa shape index (κ3) is 2.54. The van der Waals surface area contributed by atoms with Crippen LogP contribution in [0.1, 0.15) is 32.4 Å². The molecule has 0 saturated heterocycles. The highest BCUT2D eigenvalue weighted by atomic mass is 16.6. The first-order valence-electron chi connectivity index (χ1n) is 5.80. The molecule has 1 aliphatic carbocycles. The summed E-state index contributed by atoms with van der Waals surface area (Å²) in [6.45, 7) is 5.94. The van der Waals surface area contributed by atoms with Crippen molar-refractivity contribution in [3.05, 3.63) is 27.9 Å². The van der Waals surface area contributed by atoms with Gasteiger partial charge in [0, 0.05) is 11.6 Å². The van der Waals surface area contributed by atoms with Gasteiger partial charge in [-0.2, -0.15) is 0 Å². The largest absolute Gasteiger partial charge is 0.365 e. The maximum absolute atomic E-state index is 10.7. The van der Waals surface area contributed by atoms with E-state index < -0.39 is 4.92 Å². The fourth-order valence-corrected chi connectivity index (χ4v) is 2.05. The summed E-state index contributed by atoms with van der Waals surface area (Å²) in [6.07, 6.45) is 2.48. The molecule has 1 saturated carbocycles. The van der Waals surface area contributed by atoms with Crippen LogP contribution in [-0.2, 0) is 0 Å². The lowest BCUT2D eigenvalue weighted by molar-refractivity contribution is -0.385. The molecular weight excluding hydrogens is 218 g/mol. The predicted octanol–water partition coefficient (Wildman–Crippen LogP) is 2.90. The van der Waals surface area contributed by atoms with Gasteiger partial charge in [0.2, 0.25) is 0 Å². The van der Waals surface area contributed by atoms with Gasteiger partial charge in [-0.05, 0) is 45.6 Å². The zero-order chi connectivity index (χ0) is 12.6. The van der Waals surface area contributed by atoms with Crippen LogP contribution in [0, 0.1) is 23.0 Å². The van der Waals surface area contributed by atoms with Crippen molar-refractivity contribution in [3.63, 3.8) is 0 Å². The van der Waals surface area contributed by atoms with E-state index in [0.29, 0.717) is 17.4 Å².